The molecule has 4 rings (SSSR count). The maximum Gasteiger partial charge on any atom is 0.254 e. The van der Waals surface area contributed by atoms with E-state index in [4.69, 9.17) is 0 Å². The first kappa shape index (κ1) is 17.7. The molecule has 142 valence electrons. The van der Waals surface area contributed by atoms with Gasteiger partial charge in [-0.1, -0.05) is 18.2 Å². The number of rotatable bonds is 5. The smallest absolute Gasteiger partial charge is 0.254 e. The number of pyridine rings is 1. The molecule has 28 heavy (non-hydrogen) atoms. The van der Waals surface area contributed by atoms with Crippen LogP contribution >= 0.6 is 0 Å². The number of hydrogen-bond donors (Lipinski definition) is 3. The van der Waals surface area contributed by atoms with Gasteiger partial charge in [0.2, 0.25) is 11.8 Å². The molecule has 1 aliphatic heterocycles. The molecule has 2 aromatic heterocycles. The Morgan fingerprint density at radius 1 is 1.11 bits per heavy atom. The lowest BCUT2D eigenvalue weighted by Gasteiger charge is -2.14. The summed E-state index contributed by atoms with van der Waals surface area (Å²) in [6.07, 6.45) is 2.20. The zero-order valence-corrected chi connectivity index (χ0v) is 14.9. The molecule has 0 saturated carbocycles. The Balaban J connectivity index is 1.34. The molecule has 3 N–H and O–H groups in total. The molecule has 9 heteroatoms. The second-order valence-corrected chi connectivity index (χ2v) is 6.41. The maximum absolute atomic E-state index is 12.3. The number of carbonyl (C=O) groups excluding carboxylic acids is 3. The largest absolute Gasteiger partial charge is 0.356 e. The normalized spacial score (nSPS) is 16.1. The fourth-order valence-electron chi connectivity index (χ4n) is 3.09. The average molecular weight is 378 g/mol. The quantitative estimate of drug-likeness (QED) is 0.599. The van der Waals surface area contributed by atoms with Crippen molar-refractivity contribution in [3.63, 3.8) is 0 Å². The predicted molar refractivity (Wildman–Crippen MR) is 101 cm³/mol. The van der Waals surface area contributed by atoms with E-state index in [-0.39, 0.29) is 18.2 Å². The number of hydrogen-bond acceptors (Lipinski definition) is 5. The van der Waals surface area contributed by atoms with E-state index in [1.165, 1.54) is 0 Å². The lowest BCUT2D eigenvalue weighted by atomic mass is 10.1. The van der Waals surface area contributed by atoms with Crippen molar-refractivity contribution in [2.45, 2.75) is 18.9 Å². The van der Waals surface area contributed by atoms with Crippen molar-refractivity contribution in [1.29, 1.82) is 0 Å². The molecule has 1 aromatic carbocycles. The molecule has 0 radical (unpaired) electrons. The van der Waals surface area contributed by atoms with Crippen LogP contribution < -0.4 is 16.0 Å². The van der Waals surface area contributed by atoms with Crippen LogP contribution in [0.3, 0.4) is 0 Å². The molecule has 0 spiro atoms. The Morgan fingerprint density at radius 2 is 1.93 bits per heavy atom. The van der Waals surface area contributed by atoms with E-state index in [2.05, 4.69) is 26.1 Å². The molecular weight excluding hydrogens is 360 g/mol. The van der Waals surface area contributed by atoms with Crippen LogP contribution in [-0.2, 0) is 16.0 Å². The minimum Gasteiger partial charge on any atom is -0.356 e. The minimum absolute atomic E-state index is 0.147. The molecule has 3 aromatic rings. The van der Waals surface area contributed by atoms with Crippen molar-refractivity contribution in [1.82, 2.24) is 25.2 Å². The molecular formula is C19H18N6O3. The van der Waals surface area contributed by atoms with E-state index < -0.39 is 11.9 Å². The first-order chi connectivity index (χ1) is 13.6. The lowest BCUT2D eigenvalue weighted by molar-refractivity contribution is -0.125. The number of nitrogens with one attached hydrogen (secondary N) is 3. The van der Waals surface area contributed by atoms with Gasteiger partial charge in [-0.05, 0) is 24.3 Å². The second kappa shape index (κ2) is 7.47. The standard InChI is InChI=1S/C19H18N6O3/c26-17(20-9-8-16-24-23-15-7-3-4-10-25(15)16)11-14-19(28)21-13-6-2-1-5-12(13)18(27)22-14/h1-7,10,14H,8-9,11H2,(H,20,26)(H,21,28)(H,22,27)/t14-/m0/s1. The number of amides is 3. The number of carbonyl (C=O) groups is 3. The monoisotopic (exact) mass is 378 g/mol. The molecule has 0 fully saturated rings. The van der Waals surface area contributed by atoms with Crippen LogP contribution in [-0.4, -0.2) is 44.9 Å². The summed E-state index contributed by atoms with van der Waals surface area (Å²) >= 11 is 0. The van der Waals surface area contributed by atoms with Crippen molar-refractivity contribution >= 4 is 29.1 Å². The van der Waals surface area contributed by atoms with E-state index in [1.807, 2.05) is 28.8 Å². The molecule has 0 saturated heterocycles. The van der Waals surface area contributed by atoms with Crippen LogP contribution in [0.1, 0.15) is 22.6 Å². The highest BCUT2D eigenvalue weighted by Crippen LogP contribution is 2.18. The molecule has 3 heterocycles. The van der Waals surface area contributed by atoms with Gasteiger partial charge in [-0.25, -0.2) is 0 Å². The summed E-state index contributed by atoms with van der Waals surface area (Å²) in [7, 11) is 0. The van der Waals surface area contributed by atoms with Gasteiger partial charge in [-0.2, -0.15) is 0 Å². The zero-order valence-electron chi connectivity index (χ0n) is 14.9. The molecule has 0 bridgehead atoms. The minimum atomic E-state index is -0.936. The van der Waals surface area contributed by atoms with Crippen molar-refractivity contribution in [2.75, 3.05) is 11.9 Å². The molecule has 1 aliphatic rings. The fourth-order valence-corrected chi connectivity index (χ4v) is 3.09. The van der Waals surface area contributed by atoms with E-state index in [1.54, 1.807) is 24.3 Å². The Kier molecular flexibility index (Phi) is 4.71. The Bertz CT molecular complexity index is 1060. The van der Waals surface area contributed by atoms with Crippen LogP contribution in [0.4, 0.5) is 5.69 Å². The van der Waals surface area contributed by atoms with Gasteiger partial charge in [-0.15, -0.1) is 10.2 Å². The summed E-state index contributed by atoms with van der Waals surface area (Å²) < 4.78 is 1.85. The van der Waals surface area contributed by atoms with Crippen molar-refractivity contribution in [2.24, 2.45) is 0 Å². The van der Waals surface area contributed by atoms with Crippen molar-refractivity contribution < 1.29 is 14.4 Å². The van der Waals surface area contributed by atoms with E-state index in [0.29, 0.717) is 24.2 Å². The Morgan fingerprint density at radius 3 is 2.82 bits per heavy atom. The van der Waals surface area contributed by atoms with Crippen LogP contribution in [0.25, 0.3) is 5.65 Å². The van der Waals surface area contributed by atoms with Gasteiger partial charge in [0, 0.05) is 19.2 Å². The first-order valence-electron chi connectivity index (χ1n) is 8.88. The maximum atomic E-state index is 12.3. The third-order valence-corrected chi connectivity index (χ3v) is 4.50. The number of benzene rings is 1. The summed E-state index contributed by atoms with van der Waals surface area (Å²) in [5.74, 6) is -0.411. The molecule has 9 nitrogen and oxygen atoms in total. The molecule has 0 aliphatic carbocycles. The van der Waals surface area contributed by atoms with Gasteiger partial charge in [-0.3, -0.25) is 18.8 Å². The van der Waals surface area contributed by atoms with E-state index in [9.17, 15) is 14.4 Å². The Labute approximate surface area is 160 Å². The third-order valence-electron chi connectivity index (χ3n) is 4.50. The van der Waals surface area contributed by atoms with Gasteiger partial charge in [0.05, 0.1) is 17.7 Å². The summed E-state index contributed by atoms with van der Waals surface area (Å²) in [4.78, 5) is 36.9. The Hall–Kier alpha value is -3.75. The lowest BCUT2D eigenvalue weighted by Crippen LogP contribution is -2.44. The highest BCUT2D eigenvalue weighted by molar-refractivity contribution is 6.10. The topological polar surface area (TPSA) is 117 Å². The highest BCUT2D eigenvalue weighted by atomic mass is 16.2. The average Bonchev–Trinajstić information content (AvgIpc) is 3.06. The van der Waals surface area contributed by atoms with Gasteiger partial charge in [0.25, 0.3) is 5.91 Å². The molecule has 1 atom stereocenters. The second-order valence-electron chi connectivity index (χ2n) is 6.41. The zero-order chi connectivity index (χ0) is 19.5. The number of anilines is 1. The molecule has 3 amide bonds. The summed E-state index contributed by atoms with van der Waals surface area (Å²) in [5.41, 5.74) is 1.55. The van der Waals surface area contributed by atoms with Gasteiger partial charge in [0.15, 0.2) is 5.65 Å². The third kappa shape index (κ3) is 3.54. The molecule has 0 unspecified atom stereocenters. The summed E-state index contributed by atoms with van der Waals surface area (Å²) in [6, 6.07) is 11.4. The van der Waals surface area contributed by atoms with Gasteiger partial charge < -0.3 is 16.0 Å². The summed E-state index contributed by atoms with van der Waals surface area (Å²) in [5, 5.41) is 16.2. The van der Waals surface area contributed by atoms with Crippen LogP contribution in [0.5, 0.6) is 0 Å². The van der Waals surface area contributed by atoms with Gasteiger partial charge in [0.1, 0.15) is 11.9 Å². The van der Waals surface area contributed by atoms with Gasteiger partial charge >= 0.3 is 0 Å². The number of fused-ring (bicyclic) bond motifs is 2. The number of nitrogens with zero attached hydrogens (tertiary/aromatic N) is 3. The number of aromatic nitrogens is 3. The van der Waals surface area contributed by atoms with Crippen molar-refractivity contribution in [3.8, 4) is 0 Å². The predicted octanol–water partition coefficient (Wildman–Crippen LogP) is 0.529. The van der Waals surface area contributed by atoms with E-state index in [0.717, 1.165) is 11.5 Å². The SMILES string of the molecule is O=C(C[C@@H]1NC(=O)c2ccccc2NC1=O)NCCc1nnc2ccccn12. The fraction of sp³-hybridized carbons (Fsp3) is 0.211. The van der Waals surface area contributed by atoms with Crippen LogP contribution in [0.2, 0.25) is 0 Å². The van der Waals surface area contributed by atoms with Crippen LogP contribution in [0, 0.1) is 0 Å². The van der Waals surface area contributed by atoms with Crippen LogP contribution in [0.15, 0.2) is 48.7 Å². The van der Waals surface area contributed by atoms with Crippen molar-refractivity contribution in [3.05, 3.63) is 60.0 Å². The van der Waals surface area contributed by atoms with E-state index >= 15 is 0 Å². The highest BCUT2D eigenvalue weighted by Gasteiger charge is 2.29. The summed E-state index contributed by atoms with van der Waals surface area (Å²) in [6.45, 7) is 0.344. The first-order valence-corrected chi connectivity index (χ1v) is 8.88. The number of para-hydroxylation sites is 1.